The third-order valence-electron chi connectivity index (χ3n) is 3.39. The molecule has 0 saturated carbocycles. The molecule has 3 heteroatoms. The monoisotopic (exact) mass is 275 g/mol. The van der Waals surface area contributed by atoms with Crippen molar-refractivity contribution in [1.29, 1.82) is 0 Å². The van der Waals surface area contributed by atoms with Gasteiger partial charge in [0.05, 0.1) is 0 Å². The second kappa shape index (κ2) is 6.62. The Morgan fingerprint density at radius 1 is 0.950 bits per heavy atom. The fourth-order valence-electron chi connectivity index (χ4n) is 2.47. The lowest BCUT2D eigenvalue weighted by molar-refractivity contribution is 0.524. The normalized spacial score (nSPS) is 12.4. The largest absolute Gasteiger partial charge is 0.330 e. The van der Waals surface area contributed by atoms with E-state index >= 15 is 0 Å². The van der Waals surface area contributed by atoms with Crippen LogP contribution in [0.1, 0.15) is 16.7 Å². The lowest BCUT2D eigenvalue weighted by Gasteiger charge is -2.15. The molecule has 0 spiro atoms. The van der Waals surface area contributed by atoms with E-state index in [4.69, 9.17) is 5.73 Å². The summed E-state index contributed by atoms with van der Waals surface area (Å²) in [6.45, 7) is 2.54. The minimum absolute atomic E-state index is 0.179. The van der Waals surface area contributed by atoms with Crippen molar-refractivity contribution in [2.24, 2.45) is 11.7 Å². The summed E-state index contributed by atoms with van der Waals surface area (Å²) in [7, 11) is 0. The first-order chi connectivity index (χ1) is 9.56. The van der Waals surface area contributed by atoms with Crippen molar-refractivity contribution in [1.82, 2.24) is 0 Å². The highest BCUT2D eigenvalue weighted by molar-refractivity contribution is 5.24. The van der Waals surface area contributed by atoms with Gasteiger partial charge >= 0.3 is 0 Å². The van der Waals surface area contributed by atoms with Gasteiger partial charge in [0.2, 0.25) is 0 Å². The predicted octanol–water partition coefficient (Wildman–Crippen LogP) is 3.63. The van der Waals surface area contributed by atoms with E-state index in [2.05, 4.69) is 12.1 Å². The number of hydrogen-bond donors (Lipinski definition) is 1. The molecule has 1 nitrogen and oxygen atoms in total. The highest BCUT2D eigenvalue weighted by atomic mass is 19.1. The van der Waals surface area contributed by atoms with E-state index in [9.17, 15) is 8.78 Å². The fraction of sp³-hybridized carbons (Fsp3) is 0.294. The van der Waals surface area contributed by atoms with Crippen LogP contribution in [0.5, 0.6) is 0 Å². The van der Waals surface area contributed by atoms with Crippen LogP contribution < -0.4 is 5.73 Å². The SMILES string of the molecule is Cc1cccc(CC(CN)Cc2cc(F)cc(F)c2)c1. The average molecular weight is 275 g/mol. The van der Waals surface area contributed by atoms with Gasteiger partial charge in [-0.3, -0.25) is 0 Å². The van der Waals surface area contributed by atoms with E-state index in [-0.39, 0.29) is 5.92 Å². The van der Waals surface area contributed by atoms with Crippen LogP contribution in [0.4, 0.5) is 8.78 Å². The molecule has 2 aromatic rings. The number of rotatable bonds is 5. The van der Waals surface area contributed by atoms with E-state index < -0.39 is 11.6 Å². The molecule has 106 valence electrons. The first-order valence-electron chi connectivity index (χ1n) is 6.77. The molecule has 0 fully saturated rings. The Labute approximate surface area is 118 Å². The second-order valence-electron chi connectivity index (χ2n) is 5.28. The highest BCUT2D eigenvalue weighted by Crippen LogP contribution is 2.17. The van der Waals surface area contributed by atoms with Gasteiger partial charge in [0.25, 0.3) is 0 Å². The van der Waals surface area contributed by atoms with E-state index in [0.29, 0.717) is 18.5 Å². The molecule has 0 aliphatic carbocycles. The Morgan fingerprint density at radius 2 is 1.60 bits per heavy atom. The summed E-state index contributed by atoms with van der Waals surface area (Å²) in [5, 5.41) is 0. The number of benzene rings is 2. The van der Waals surface area contributed by atoms with Crippen LogP contribution in [-0.4, -0.2) is 6.54 Å². The molecule has 2 N–H and O–H groups in total. The average Bonchev–Trinajstić information content (AvgIpc) is 2.36. The van der Waals surface area contributed by atoms with Crippen LogP contribution in [0.15, 0.2) is 42.5 Å². The summed E-state index contributed by atoms with van der Waals surface area (Å²) < 4.78 is 26.4. The summed E-state index contributed by atoms with van der Waals surface area (Å²) in [6, 6.07) is 11.9. The van der Waals surface area contributed by atoms with Crippen molar-refractivity contribution in [2.75, 3.05) is 6.54 Å². The zero-order chi connectivity index (χ0) is 14.5. The third kappa shape index (κ3) is 4.14. The summed E-state index contributed by atoms with van der Waals surface area (Å²) in [6.07, 6.45) is 1.40. The van der Waals surface area contributed by atoms with Gasteiger partial charge in [-0.05, 0) is 55.5 Å². The lowest BCUT2D eigenvalue weighted by atomic mass is 9.92. The zero-order valence-electron chi connectivity index (χ0n) is 11.6. The van der Waals surface area contributed by atoms with E-state index in [1.165, 1.54) is 23.3 Å². The molecule has 0 bridgehead atoms. The minimum atomic E-state index is -0.536. The summed E-state index contributed by atoms with van der Waals surface area (Å²) in [4.78, 5) is 0. The molecular formula is C17H19F2N. The van der Waals surface area contributed by atoms with Crippen LogP contribution in [0.3, 0.4) is 0 Å². The van der Waals surface area contributed by atoms with Crippen LogP contribution in [0.2, 0.25) is 0 Å². The first-order valence-corrected chi connectivity index (χ1v) is 6.77. The van der Waals surface area contributed by atoms with Crippen LogP contribution in [0.25, 0.3) is 0 Å². The van der Waals surface area contributed by atoms with Crippen molar-refractivity contribution < 1.29 is 8.78 Å². The maximum Gasteiger partial charge on any atom is 0.126 e. The molecule has 0 aromatic heterocycles. The topological polar surface area (TPSA) is 26.0 Å². The van der Waals surface area contributed by atoms with Gasteiger partial charge in [-0.25, -0.2) is 8.78 Å². The minimum Gasteiger partial charge on any atom is -0.330 e. The molecule has 2 rings (SSSR count). The Morgan fingerprint density at radius 3 is 2.20 bits per heavy atom. The van der Waals surface area contributed by atoms with Crippen LogP contribution >= 0.6 is 0 Å². The second-order valence-corrected chi connectivity index (χ2v) is 5.28. The standard InChI is InChI=1S/C17H19F2N/c1-12-3-2-4-13(5-12)6-15(11-20)7-14-8-16(18)10-17(19)9-14/h2-5,8-10,15H,6-7,11,20H2,1H3. The molecule has 1 atom stereocenters. The summed E-state index contributed by atoms with van der Waals surface area (Å²) in [5.41, 5.74) is 8.86. The molecule has 0 radical (unpaired) electrons. The quantitative estimate of drug-likeness (QED) is 0.886. The van der Waals surface area contributed by atoms with Gasteiger partial charge in [0, 0.05) is 6.07 Å². The van der Waals surface area contributed by atoms with Gasteiger partial charge in [-0.1, -0.05) is 29.8 Å². The maximum absolute atomic E-state index is 13.2. The van der Waals surface area contributed by atoms with Gasteiger partial charge in [0.15, 0.2) is 0 Å². The van der Waals surface area contributed by atoms with Crippen LogP contribution in [-0.2, 0) is 12.8 Å². The van der Waals surface area contributed by atoms with Crippen molar-refractivity contribution in [3.8, 4) is 0 Å². The number of nitrogens with two attached hydrogens (primary N) is 1. The Kier molecular flexibility index (Phi) is 4.85. The molecular weight excluding hydrogens is 256 g/mol. The van der Waals surface area contributed by atoms with Crippen molar-refractivity contribution in [3.05, 3.63) is 70.8 Å². The van der Waals surface area contributed by atoms with Crippen molar-refractivity contribution >= 4 is 0 Å². The Balaban J connectivity index is 2.09. The van der Waals surface area contributed by atoms with E-state index in [1.54, 1.807) is 0 Å². The van der Waals surface area contributed by atoms with Crippen LogP contribution in [0, 0.1) is 24.5 Å². The molecule has 0 saturated heterocycles. The molecule has 0 aliphatic rings. The third-order valence-corrected chi connectivity index (χ3v) is 3.39. The summed E-state index contributed by atoms with van der Waals surface area (Å²) in [5.74, 6) is -0.893. The van der Waals surface area contributed by atoms with Gasteiger partial charge in [-0.2, -0.15) is 0 Å². The molecule has 1 unspecified atom stereocenters. The molecule has 2 aromatic carbocycles. The smallest absolute Gasteiger partial charge is 0.126 e. The predicted molar refractivity (Wildman–Crippen MR) is 77.5 cm³/mol. The van der Waals surface area contributed by atoms with E-state index in [1.807, 2.05) is 19.1 Å². The first kappa shape index (κ1) is 14.7. The van der Waals surface area contributed by atoms with E-state index in [0.717, 1.165) is 12.5 Å². The molecule has 0 aliphatic heterocycles. The van der Waals surface area contributed by atoms with Crippen molar-refractivity contribution in [2.45, 2.75) is 19.8 Å². The Hall–Kier alpha value is -1.74. The lowest BCUT2D eigenvalue weighted by Crippen LogP contribution is -2.19. The highest BCUT2D eigenvalue weighted by Gasteiger charge is 2.11. The maximum atomic E-state index is 13.2. The van der Waals surface area contributed by atoms with Gasteiger partial charge < -0.3 is 5.73 Å². The number of hydrogen-bond acceptors (Lipinski definition) is 1. The number of aryl methyl sites for hydroxylation is 1. The molecule has 20 heavy (non-hydrogen) atoms. The van der Waals surface area contributed by atoms with Gasteiger partial charge in [-0.15, -0.1) is 0 Å². The molecule has 0 heterocycles. The number of halogens is 2. The fourth-order valence-corrected chi connectivity index (χ4v) is 2.47. The summed E-state index contributed by atoms with van der Waals surface area (Å²) >= 11 is 0. The Bertz CT molecular complexity index is 561. The van der Waals surface area contributed by atoms with Crippen molar-refractivity contribution in [3.63, 3.8) is 0 Å². The molecule has 0 amide bonds. The zero-order valence-corrected chi connectivity index (χ0v) is 11.6. The van der Waals surface area contributed by atoms with Gasteiger partial charge in [0.1, 0.15) is 11.6 Å².